The molecule has 1 fully saturated rings. The maximum atomic E-state index is 6.02. The maximum Gasteiger partial charge on any atom is 0.0726 e. The summed E-state index contributed by atoms with van der Waals surface area (Å²) >= 11 is 1.75. The van der Waals surface area contributed by atoms with Gasteiger partial charge in [-0.3, -0.25) is 0 Å². The highest BCUT2D eigenvalue weighted by Gasteiger charge is 2.21. The third-order valence-corrected chi connectivity index (χ3v) is 3.79. The van der Waals surface area contributed by atoms with Crippen molar-refractivity contribution in [3.63, 3.8) is 0 Å². The average Bonchev–Trinajstić information content (AvgIpc) is 2.74. The van der Waals surface area contributed by atoms with Crippen LogP contribution >= 0.6 is 11.3 Å². The monoisotopic (exact) mass is 225 g/mol. The lowest BCUT2D eigenvalue weighted by Crippen LogP contribution is -2.39. The zero-order chi connectivity index (χ0) is 10.5. The second-order valence-corrected chi connectivity index (χ2v) is 5.02. The van der Waals surface area contributed by atoms with E-state index in [0.29, 0.717) is 6.10 Å². The lowest BCUT2D eigenvalue weighted by Gasteiger charge is -2.28. The van der Waals surface area contributed by atoms with Gasteiger partial charge < -0.3 is 10.5 Å². The van der Waals surface area contributed by atoms with E-state index in [4.69, 9.17) is 10.5 Å². The Morgan fingerprint density at radius 3 is 3.00 bits per heavy atom. The zero-order valence-electron chi connectivity index (χ0n) is 9.02. The standard InChI is InChI=1S/C12H19NOS/c13-11-3-1-2-4-12(11)14-7-5-10-6-8-15-9-10/h6,8-9,11-12H,1-5,7,13H2. The number of ether oxygens (including phenoxy) is 1. The Balaban J connectivity index is 1.68. The third kappa shape index (κ3) is 3.30. The van der Waals surface area contributed by atoms with Crippen molar-refractivity contribution >= 4 is 11.3 Å². The minimum Gasteiger partial charge on any atom is -0.376 e. The molecule has 0 bridgehead atoms. The predicted molar refractivity (Wildman–Crippen MR) is 64.2 cm³/mol. The van der Waals surface area contributed by atoms with Gasteiger partial charge in [0.15, 0.2) is 0 Å². The molecule has 3 heteroatoms. The molecular weight excluding hydrogens is 206 g/mol. The molecule has 1 aliphatic carbocycles. The Bertz CT molecular complexity index is 273. The quantitative estimate of drug-likeness (QED) is 0.854. The molecule has 1 saturated carbocycles. The van der Waals surface area contributed by atoms with Crippen LogP contribution in [0.1, 0.15) is 31.2 Å². The smallest absolute Gasteiger partial charge is 0.0726 e. The van der Waals surface area contributed by atoms with Crippen molar-refractivity contribution in [1.29, 1.82) is 0 Å². The Kier molecular flexibility index (Phi) is 4.18. The van der Waals surface area contributed by atoms with Crippen LogP contribution in [0.25, 0.3) is 0 Å². The summed E-state index contributed by atoms with van der Waals surface area (Å²) in [6.07, 6.45) is 6.14. The molecule has 1 aromatic rings. The third-order valence-electron chi connectivity index (χ3n) is 3.06. The highest BCUT2D eigenvalue weighted by molar-refractivity contribution is 7.07. The van der Waals surface area contributed by atoms with Gasteiger partial charge in [-0.05, 0) is 41.7 Å². The summed E-state index contributed by atoms with van der Waals surface area (Å²) in [6, 6.07) is 2.43. The van der Waals surface area contributed by atoms with Crippen molar-refractivity contribution in [2.45, 2.75) is 44.2 Å². The normalized spacial score (nSPS) is 26.7. The van der Waals surface area contributed by atoms with Crippen LogP contribution in [0, 0.1) is 0 Å². The summed E-state index contributed by atoms with van der Waals surface area (Å²) in [4.78, 5) is 0. The van der Waals surface area contributed by atoms with Gasteiger partial charge in [-0.25, -0.2) is 0 Å². The van der Waals surface area contributed by atoms with Crippen LogP contribution in [0.5, 0.6) is 0 Å². The molecule has 1 aromatic heterocycles. The molecule has 1 aliphatic rings. The Morgan fingerprint density at radius 1 is 1.40 bits per heavy atom. The van der Waals surface area contributed by atoms with Crippen molar-refractivity contribution in [3.05, 3.63) is 22.4 Å². The molecular formula is C12H19NOS. The molecule has 0 aliphatic heterocycles. The molecule has 2 atom stereocenters. The zero-order valence-corrected chi connectivity index (χ0v) is 9.84. The average molecular weight is 225 g/mol. The van der Waals surface area contributed by atoms with Crippen LogP contribution < -0.4 is 5.73 Å². The van der Waals surface area contributed by atoms with Gasteiger partial charge >= 0.3 is 0 Å². The Hall–Kier alpha value is -0.380. The molecule has 15 heavy (non-hydrogen) atoms. The molecule has 0 aromatic carbocycles. The second kappa shape index (κ2) is 5.64. The number of rotatable bonds is 4. The fourth-order valence-electron chi connectivity index (χ4n) is 2.10. The van der Waals surface area contributed by atoms with Crippen molar-refractivity contribution < 1.29 is 4.74 Å². The molecule has 0 spiro atoms. The van der Waals surface area contributed by atoms with E-state index in [-0.39, 0.29) is 6.04 Å². The number of hydrogen-bond acceptors (Lipinski definition) is 3. The van der Waals surface area contributed by atoms with Crippen LogP contribution in [0.4, 0.5) is 0 Å². The van der Waals surface area contributed by atoms with E-state index < -0.39 is 0 Å². The van der Waals surface area contributed by atoms with Crippen LogP contribution in [0.3, 0.4) is 0 Å². The molecule has 1 heterocycles. The topological polar surface area (TPSA) is 35.2 Å². The van der Waals surface area contributed by atoms with Crippen molar-refractivity contribution in [3.8, 4) is 0 Å². The van der Waals surface area contributed by atoms with E-state index in [2.05, 4.69) is 16.8 Å². The lowest BCUT2D eigenvalue weighted by molar-refractivity contribution is 0.0169. The van der Waals surface area contributed by atoms with Crippen molar-refractivity contribution in [2.75, 3.05) is 6.61 Å². The molecule has 2 nitrogen and oxygen atoms in total. The summed E-state index contributed by atoms with van der Waals surface area (Å²) in [5.41, 5.74) is 7.39. The van der Waals surface area contributed by atoms with E-state index in [1.165, 1.54) is 18.4 Å². The maximum absolute atomic E-state index is 6.02. The molecule has 0 saturated heterocycles. The summed E-state index contributed by atoms with van der Waals surface area (Å²) in [5.74, 6) is 0. The fourth-order valence-corrected chi connectivity index (χ4v) is 2.80. The van der Waals surface area contributed by atoms with Gasteiger partial charge in [0.05, 0.1) is 12.7 Å². The molecule has 0 amide bonds. The predicted octanol–water partition coefficient (Wildman–Crippen LogP) is 2.58. The minimum atomic E-state index is 0.265. The van der Waals surface area contributed by atoms with Gasteiger partial charge in [-0.15, -0.1) is 0 Å². The first-order chi connectivity index (χ1) is 7.36. The SMILES string of the molecule is NC1CCCCC1OCCc1ccsc1. The van der Waals surface area contributed by atoms with E-state index in [0.717, 1.165) is 25.9 Å². The van der Waals surface area contributed by atoms with E-state index in [9.17, 15) is 0 Å². The van der Waals surface area contributed by atoms with Gasteiger partial charge in [0, 0.05) is 6.04 Å². The van der Waals surface area contributed by atoms with Gasteiger partial charge in [0.2, 0.25) is 0 Å². The van der Waals surface area contributed by atoms with Crippen LogP contribution in [-0.4, -0.2) is 18.8 Å². The summed E-state index contributed by atoms with van der Waals surface area (Å²) in [7, 11) is 0. The largest absolute Gasteiger partial charge is 0.376 e. The summed E-state index contributed by atoms with van der Waals surface area (Å²) < 4.78 is 5.85. The number of nitrogens with two attached hydrogens (primary N) is 1. The van der Waals surface area contributed by atoms with Gasteiger partial charge in [0.1, 0.15) is 0 Å². The highest BCUT2D eigenvalue weighted by atomic mass is 32.1. The van der Waals surface area contributed by atoms with Gasteiger partial charge in [-0.2, -0.15) is 11.3 Å². The Labute approximate surface area is 95.4 Å². The van der Waals surface area contributed by atoms with Crippen molar-refractivity contribution in [2.24, 2.45) is 5.73 Å². The number of thiophene rings is 1. The number of hydrogen-bond donors (Lipinski definition) is 1. The summed E-state index contributed by atoms with van der Waals surface area (Å²) in [5, 5.41) is 4.30. The van der Waals surface area contributed by atoms with E-state index in [1.807, 2.05) is 0 Å². The first-order valence-electron chi connectivity index (χ1n) is 5.74. The van der Waals surface area contributed by atoms with Crippen LogP contribution in [0.15, 0.2) is 16.8 Å². The first kappa shape index (κ1) is 11.1. The molecule has 0 radical (unpaired) electrons. The van der Waals surface area contributed by atoms with Gasteiger partial charge in [0.25, 0.3) is 0 Å². The molecule has 84 valence electrons. The lowest BCUT2D eigenvalue weighted by atomic mass is 9.93. The van der Waals surface area contributed by atoms with Crippen LogP contribution in [-0.2, 0) is 11.2 Å². The highest BCUT2D eigenvalue weighted by Crippen LogP contribution is 2.20. The second-order valence-electron chi connectivity index (χ2n) is 4.24. The molecule has 2 N–H and O–H groups in total. The molecule has 2 rings (SSSR count). The van der Waals surface area contributed by atoms with Gasteiger partial charge in [-0.1, -0.05) is 12.8 Å². The van der Waals surface area contributed by atoms with Crippen molar-refractivity contribution in [1.82, 2.24) is 0 Å². The Morgan fingerprint density at radius 2 is 2.27 bits per heavy atom. The van der Waals surface area contributed by atoms with E-state index >= 15 is 0 Å². The fraction of sp³-hybridized carbons (Fsp3) is 0.667. The van der Waals surface area contributed by atoms with Crippen LogP contribution in [0.2, 0.25) is 0 Å². The minimum absolute atomic E-state index is 0.265. The summed E-state index contributed by atoms with van der Waals surface area (Å²) in [6.45, 7) is 0.815. The first-order valence-corrected chi connectivity index (χ1v) is 6.69. The van der Waals surface area contributed by atoms with E-state index in [1.54, 1.807) is 11.3 Å². The molecule has 2 unspecified atom stereocenters.